The molecule has 1 aliphatic carbocycles. The summed E-state index contributed by atoms with van der Waals surface area (Å²) in [5.74, 6) is 3.80. The van der Waals surface area contributed by atoms with Gasteiger partial charge in [0.2, 0.25) is 0 Å². The first kappa shape index (κ1) is 12.4. The van der Waals surface area contributed by atoms with Gasteiger partial charge in [0.1, 0.15) is 0 Å². The highest BCUT2D eigenvalue weighted by molar-refractivity contribution is 4.97. The Morgan fingerprint density at radius 1 is 1.38 bits per heavy atom. The van der Waals surface area contributed by atoms with Crippen molar-refractivity contribution in [2.24, 2.45) is 35.3 Å². The molecular formula is C14H27NO. The minimum Gasteiger partial charge on any atom is -0.381 e. The smallest absolute Gasteiger partial charge is 0.0512 e. The van der Waals surface area contributed by atoms with Crippen molar-refractivity contribution in [2.45, 2.75) is 46.1 Å². The maximum Gasteiger partial charge on any atom is 0.0512 e. The van der Waals surface area contributed by atoms with E-state index < -0.39 is 0 Å². The molecule has 1 heterocycles. The molecular weight excluding hydrogens is 198 g/mol. The molecule has 16 heavy (non-hydrogen) atoms. The van der Waals surface area contributed by atoms with E-state index in [0.29, 0.717) is 12.0 Å². The van der Waals surface area contributed by atoms with Crippen LogP contribution in [0, 0.1) is 29.6 Å². The molecule has 1 aliphatic heterocycles. The Morgan fingerprint density at radius 2 is 2.12 bits per heavy atom. The Morgan fingerprint density at radius 3 is 2.81 bits per heavy atom. The molecule has 2 aliphatic rings. The first-order chi connectivity index (χ1) is 7.65. The quantitative estimate of drug-likeness (QED) is 0.801. The highest BCUT2D eigenvalue weighted by atomic mass is 16.5. The summed E-state index contributed by atoms with van der Waals surface area (Å²) < 4.78 is 5.80. The number of ether oxygens (including phenoxy) is 1. The van der Waals surface area contributed by atoms with Crippen LogP contribution in [0.1, 0.15) is 40.0 Å². The summed E-state index contributed by atoms with van der Waals surface area (Å²) in [7, 11) is 0. The van der Waals surface area contributed by atoms with E-state index in [9.17, 15) is 0 Å². The molecule has 1 saturated heterocycles. The summed E-state index contributed by atoms with van der Waals surface area (Å²) in [5.41, 5.74) is 6.24. The third kappa shape index (κ3) is 2.14. The van der Waals surface area contributed by atoms with Crippen LogP contribution in [-0.4, -0.2) is 19.3 Å². The fourth-order valence-corrected chi connectivity index (χ4v) is 4.11. The molecule has 6 atom stereocenters. The molecule has 6 unspecified atom stereocenters. The summed E-state index contributed by atoms with van der Waals surface area (Å²) in [6, 6.07) is 0.386. The van der Waals surface area contributed by atoms with E-state index in [2.05, 4.69) is 20.8 Å². The van der Waals surface area contributed by atoms with Crippen molar-refractivity contribution >= 4 is 0 Å². The second kappa shape index (κ2) is 5.05. The van der Waals surface area contributed by atoms with Gasteiger partial charge in [0.25, 0.3) is 0 Å². The predicted octanol–water partition coefficient (Wildman–Crippen LogP) is 2.67. The molecule has 2 fully saturated rings. The van der Waals surface area contributed by atoms with E-state index in [4.69, 9.17) is 10.5 Å². The van der Waals surface area contributed by atoms with E-state index >= 15 is 0 Å². The fraction of sp³-hybridized carbons (Fsp3) is 1.00. The van der Waals surface area contributed by atoms with E-state index in [1.807, 2.05) is 0 Å². The average molecular weight is 225 g/mol. The van der Waals surface area contributed by atoms with E-state index in [-0.39, 0.29) is 0 Å². The average Bonchev–Trinajstić information content (AvgIpc) is 2.55. The van der Waals surface area contributed by atoms with Crippen LogP contribution in [0.4, 0.5) is 0 Å². The maximum absolute atomic E-state index is 6.24. The van der Waals surface area contributed by atoms with Gasteiger partial charge in [0.15, 0.2) is 0 Å². The van der Waals surface area contributed by atoms with Gasteiger partial charge in [-0.3, -0.25) is 0 Å². The number of nitrogens with two attached hydrogens (primary N) is 1. The zero-order valence-corrected chi connectivity index (χ0v) is 11.0. The molecule has 2 N–H and O–H groups in total. The van der Waals surface area contributed by atoms with E-state index in [1.54, 1.807) is 0 Å². The lowest BCUT2D eigenvalue weighted by molar-refractivity contribution is -0.0502. The molecule has 94 valence electrons. The van der Waals surface area contributed by atoms with Crippen molar-refractivity contribution < 1.29 is 4.74 Å². The Hall–Kier alpha value is -0.0800. The summed E-state index contributed by atoms with van der Waals surface area (Å²) in [5, 5.41) is 0. The summed E-state index contributed by atoms with van der Waals surface area (Å²) in [6.07, 6.45) is 3.82. The molecule has 0 aromatic rings. The Kier molecular flexibility index (Phi) is 3.91. The van der Waals surface area contributed by atoms with Crippen LogP contribution in [0.25, 0.3) is 0 Å². The molecule has 0 amide bonds. The molecule has 0 bridgehead atoms. The standard InChI is InChI=1S/C14H27NO/c1-4-5-9(2)11-7-16-8-12-13(15)6-10(3)14(11)12/h9-14H,4-8,15H2,1-3H3. The maximum atomic E-state index is 6.24. The van der Waals surface area contributed by atoms with Crippen molar-refractivity contribution in [1.29, 1.82) is 0 Å². The van der Waals surface area contributed by atoms with Crippen LogP contribution in [0.15, 0.2) is 0 Å². The lowest BCUT2D eigenvalue weighted by Crippen LogP contribution is -2.42. The SMILES string of the molecule is CCCC(C)C1COCC2C(N)CC(C)C12. The van der Waals surface area contributed by atoms with Gasteiger partial charge in [0.05, 0.1) is 6.61 Å². The van der Waals surface area contributed by atoms with Crippen LogP contribution in [-0.2, 0) is 4.74 Å². The van der Waals surface area contributed by atoms with Crippen molar-refractivity contribution in [1.82, 2.24) is 0 Å². The van der Waals surface area contributed by atoms with Gasteiger partial charge in [-0.05, 0) is 30.1 Å². The Bertz CT molecular complexity index is 231. The third-order valence-electron chi connectivity index (χ3n) is 4.94. The van der Waals surface area contributed by atoms with Gasteiger partial charge in [-0.2, -0.15) is 0 Å². The van der Waals surface area contributed by atoms with Crippen molar-refractivity contribution in [2.75, 3.05) is 13.2 Å². The zero-order chi connectivity index (χ0) is 11.7. The normalized spacial score (nSPS) is 45.4. The van der Waals surface area contributed by atoms with Gasteiger partial charge in [-0.25, -0.2) is 0 Å². The zero-order valence-electron chi connectivity index (χ0n) is 11.0. The number of rotatable bonds is 3. The van der Waals surface area contributed by atoms with Crippen LogP contribution in [0.3, 0.4) is 0 Å². The molecule has 2 heteroatoms. The molecule has 0 radical (unpaired) electrons. The first-order valence-electron chi connectivity index (χ1n) is 6.98. The fourth-order valence-electron chi connectivity index (χ4n) is 4.11. The van der Waals surface area contributed by atoms with Crippen LogP contribution in [0.2, 0.25) is 0 Å². The summed E-state index contributed by atoms with van der Waals surface area (Å²) >= 11 is 0. The second-order valence-corrected chi connectivity index (χ2v) is 6.09. The molecule has 0 aromatic heterocycles. The van der Waals surface area contributed by atoms with Crippen LogP contribution >= 0.6 is 0 Å². The highest BCUT2D eigenvalue weighted by Crippen LogP contribution is 2.46. The van der Waals surface area contributed by atoms with E-state index in [1.165, 1.54) is 19.3 Å². The van der Waals surface area contributed by atoms with Crippen molar-refractivity contribution in [3.05, 3.63) is 0 Å². The highest BCUT2D eigenvalue weighted by Gasteiger charge is 2.46. The lowest BCUT2D eigenvalue weighted by atomic mass is 9.71. The first-order valence-corrected chi connectivity index (χ1v) is 6.98. The second-order valence-electron chi connectivity index (χ2n) is 6.09. The predicted molar refractivity (Wildman–Crippen MR) is 67.1 cm³/mol. The van der Waals surface area contributed by atoms with Gasteiger partial charge < -0.3 is 10.5 Å². The molecule has 2 nitrogen and oxygen atoms in total. The largest absolute Gasteiger partial charge is 0.381 e. The topological polar surface area (TPSA) is 35.2 Å². The minimum absolute atomic E-state index is 0.386. The van der Waals surface area contributed by atoms with Crippen molar-refractivity contribution in [3.63, 3.8) is 0 Å². The van der Waals surface area contributed by atoms with Crippen LogP contribution in [0.5, 0.6) is 0 Å². The number of fused-ring (bicyclic) bond motifs is 1. The van der Waals surface area contributed by atoms with Gasteiger partial charge in [-0.15, -0.1) is 0 Å². The van der Waals surface area contributed by atoms with E-state index in [0.717, 1.165) is 36.9 Å². The Balaban J connectivity index is 2.07. The van der Waals surface area contributed by atoms with Gasteiger partial charge >= 0.3 is 0 Å². The molecule has 1 saturated carbocycles. The third-order valence-corrected chi connectivity index (χ3v) is 4.94. The lowest BCUT2D eigenvalue weighted by Gasteiger charge is -2.40. The molecule has 2 rings (SSSR count). The molecule has 0 aromatic carbocycles. The van der Waals surface area contributed by atoms with Gasteiger partial charge in [-0.1, -0.05) is 33.6 Å². The monoisotopic (exact) mass is 225 g/mol. The minimum atomic E-state index is 0.386. The summed E-state index contributed by atoms with van der Waals surface area (Å²) in [6.45, 7) is 8.95. The van der Waals surface area contributed by atoms with Crippen molar-refractivity contribution in [3.8, 4) is 0 Å². The van der Waals surface area contributed by atoms with Gasteiger partial charge in [0, 0.05) is 18.6 Å². The van der Waals surface area contributed by atoms with Crippen LogP contribution < -0.4 is 5.73 Å². The Labute approximate surface area is 99.9 Å². The summed E-state index contributed by atoms with van der Waals surface area (Å²) in [4.78, 5) is 0. The molecule has 0 spiro atoms. The number of hydrogen-bond donors (Lipinski definition) is 1. The number of hydrogen-bond acceptors (Lipinski definition) is 2.